The predicted octanol–water partition coefficient (Wildman–Crippen LogP) is 4.46. The van der Waals surface area contributed by atoms with E-state index in [1.165, 1.54) is 0 Å². The second-order valence-electron chi connectivity index (χ2n) is 6.72. The topological polar surface area (TPSA) is 78.5 Å². The molecule has 23 heavy (non-hydrogen) atoms. The largest absolute Gasteiger partial charge is 0.505 e. The summed E-state index contributed by atoms with van der Waals surface area (Å²) < 4.78 is 20.4. The van der Waals surface area contributed by atoms with Crippen molar-refractivity contribution in [2.45, 2.75) is 79.0 Å². The van der Waals surface area contributed by atoms with Gasteiger partial charge in [-0.3, -0.25) is 0 Å². The molecule has 0 aliphatic rings. The quantitative estimate of drug-likeness (QED) is 0.430. The molecular weight excluding hydrogens is 313 g/mol. The second-order valence-corrected chi connectivity index (χ2v) is 8.82. The normalized spacial score (nSPS) is 12.7. The molecule has 0 aromatic heterocycles. The Morgan fingerprint density at radius 3 is 1.57 bits per heavy atom. The number of nitrogens with zero attached hydrogens (tertiary/aromatic N) is 3. The maximum absolute atomic E-state index is 8.81. The maximum atomic E-state index is 8.81. The smallest absolute Gasteiger partial charge is 0.198 e. The standard InChI is InChI=1S/C16H31N3O3P/c1-14(2)19(15(3)4)23(20-12-8-10-17,21-13-9-11-18)22-16(5,6)7/h14-15H,8-9,12-13H2,1-7H3/q+1. The van der Waals surface area contributed by atoms with Crippen LogP contribution in [0.25, 0.3) is 0 Å². The summed E-state index contributed by atoms with van der Waals surface area (Å²) >= 11 is 0. The van der Waals surface area contributed by atoms with Gasteiger partial charge in [-0.2, -0.15) is 24.1 Å². The van der Waals surface area contributed by atoms with E-state index in [0.29, 0.717) is 0 Å². The van der Waals surface area contributed by atoms with E-state index in [1.807, 2.05) is 20.8 Å². The number of hydrogen-bond donors (Lipinski definition) is 0. The summed E-state index contributed by atoms with van der Waals surface area (Å²) in [6.45, 7) is 14.5. The molecule has 0 spiro atoms. The van der Waals surface area contributed by atoms with Gasteiger partial charge in [0.15, 0.2) is 0 Å². The highest BCUT2D eigenvalue weighted by Crippen LogP contribution is 2.68. The summed E-state index contributed by atoms with van der Waals surface area (Å²) in [6, 6.07) is 4.43. The van der Waals surface area contributed by atoms with Gasteiger partial charge in [0.1, 0.15) is 18.8 Å². The van der Waals surface area contributed by atoms with E-state index in [-0.39, 0.29) is 38.1 Å². The van der Waals surface area contributed by atoms with Gasteiger partial charge >= 0.3 is 8.09 Å². The van der Waals surface area contributed by atoms with Gasteiger partial charge in [0.25, 0.3) is 0 Å². The monoisotopic (exact) mass is 344 g/mol. The number of rotatable bonds is 10. The molecule has 0 heterocycles. The second kappa shape index (κ2) is 10.2. The average Bonchev–Trinajstić information content (AvgIpc) is 2.36. The van der Waals surface area contributed by atoms with E-state index in [1.54, 1.807) is 0 Å². The summed E-state index contributed by atoms with van der Waals surface area (Å²) in [5, 5.41) is 17.6. The number of nitriles is 2. The van der Waals surface area contributed by atoms with Gasteiger partial charge in [-0.15, -0.1) is 0 Å². The molecule has 6 nitrogen and oxygen atoms in total. The van der Waals surface area contributed by atoms with Crippen molar-refractivity contribution < 1.29 is 13.6 Å². The van der Waals surface area contributed by atoms with Crippen LogP contribution >= 0.6 is 8.09 Å². The van der Waals surface area contributed by atoms with Gasteiger partial charge in [-0.1, -0.05) is 4.67 Å². The van der Waals surface area contributed by atoms with E-state index >= 15 is 0 Å². The van der Waals surface area contributed by atoms with Crippen LogP contribution < -0.4 is 0 Å². The first-order chi connectivity index (χ1) is 10.6. The van der Waals surface area contributed by atoms with Gasteiger partial charge in [-0.25, -0.2) is 0 Å². The Kier molecular flexibility index (Phi) is 9.85. The zero-order chi connectivity index (χ0) is 18.1. The van der Waals surface area contributed by atoms with Crippen molar-refractivity contribution in [3.8, 4) is 12.1 Å². The Morgan fingerprint density at radius 2 is 1.30 bits per heavy atom. The van der Waals surface area contributed by atoms with Crippen molar-refractivity contribution in [2.75, 3.05) is 13.2 Å². The SMILES string of the molecule is CC(C)N(C(C)C)[P+](OCCC#N)(OCCC#N)OC(C)(C)C. The van der Waals surface area contributed by atoms with Crippen molar-refractivity contribution in [1.82, 2.24) is 4.67 Å². The number of hydrogen-bond acceptors (Lipinski definition) is 6. The molecule has 0 radical (unpaired) electrons. The van der Waals surface area contributed by atoms with Crippen LogP contribution in [0.15, 0.2) is 0 Å². The van der Waals surface area contributed by atoms with Crippen molar-refractivity contribution in [1.29, 1.82) is 10.5 Å². The lowest BCUT2D eigenvalue weighted by atomic mass is 10.2. The van der Waals surface area contributed by atoms with Gasteiger partial charge in [0.2, 0.25) is 0 Å². The minimum Gasteiger partial charge on any atom is -0.198 e. The van der Waals surface area contributed by atoms with Crippen LogP contribution in [-0.4, -0.2) is 35.6 Å². The molecule has 132 valence electrons. The Balaban J connectivity index is 5.67. The van der Waals surface area contributed by atoms with Gasteiger partial charge in [0, 0.05) is 12.1 Å². The van der Waals surface area contributed by atoms with Crippen LogP contribution in [0.1, 0.15) is 61.3 Å². The maximum Gasteiger partial charge on any atom is 0.505 e. The van der Waals surface area contributed by atoms with E-state index in [2.05, 4.69) is 44.5 Å². The summed E-state index contributed by atoms with van der Waals surface area (Å²) in [5.74, 6) is 0. The third kappa shape index (κ3) is 8.06. The Labute approximate surface area is 141 Å². The molecule has 0 fully saturated rings. The van der Waals surface area contributed by atoms with E-state index in [9.17, 15) is 0 Å². The molecule has 0 aliphatic carbocycles. The molecule has 0 saturated heterocycles. The molecule has 0 saturated carbocycles. The van der Waals surface area contributed by atoms with Crippen molar-refractivity contribution in [3.05, 3.63) is 0 Å². The Bertz CT molecular complexity index is 394. The Morgan fingerprint density at radius 1 is 0.913 bits per heavy atom. The molecule has 0 N–H and O–H groups in total. The van der Waals surface area contributed by atoms with E-state index in [0.717, 1.165) is 0 Å². The molecule has 0 amide bonds. The van der Waals surface area contributed by atoms with E-state index < -0.39 is 13.7 Å². The third-order valence-electron chi connectivity index (χ3n) is 2.67. The van der Waals surface area contributed by atoms with Crippen LogP contribution in [0, 0.1) is 22.7 Å². The summed E-state index contributed by atoms with van der Waals surface area (Å²) in [5.41, 5.74) is -0.477. The molecule has 0 aromatic rings. The first kappa shape index (κ1) is 22.2. The zero-order valence-electron chi connectivity index (χ0n) is 15.5. The summed E-state index contributed by atoms with van der Waals surface area (Å²) in [7, 11) is -2.87. The molecule has 0 bridgehead atoms. The van der Waals surface area contributed by atoms with Crippen LogP contribution in [0.4, 0.5) is 0 Å². The molecule has 0 unspecified atom stereocenters. The Hall–Kier alpha value is -0.750. The van der Waals surface area contributed by atoms with Crippen LogP contribution in [0.2, 0.25) is 0 Å². The van der Waals surface area contributed by atoms with Crippen LogP contribution in [0.5, 0.6) is 0 Å². The molecule has 7 heteroatoms. The summed E-state index contributed by atoms with van der Waals surface area (Å²) in [6.07, 6.45) is 0.530. The van der Waals surface area contributed by atoms with Crippen LogP contribution in [-0.2, 0) is 13.6 Å². The molecule has 0 rings (SSSR count). The minimum atomic E-state index is -2.87. The highest BCUT2D eigenvalue weighted by atomic mass is 31.2. The van der Waals surface area contributed by atoms with Crippen LogP contribution in [0.3, 0.4) is 0 Å². The zero-order valence-corrected chi connectivity index (χ0v) is 16.4. The highest BCUT2D eigenvalue weighted by molar-refractivity contribution is 7.59. The fourth-order valence-electron chi connectivity index (χ4n) is 2.19. The van der Waals surface area contributed by atoms with Gasteiger partial charge in [0.05, 0.1) is 25.0 Å². The summed E-state index contributed by atoms with van der Waals surface area (Å²) in [4.78, 5) is 0. The fourth-order valence-corrected chi connectivity index (χ4v) is 5.20. The average molecular weight is 344 g/mol. The lowest BCUT2D eigenvalue weighted by Gasteiger charge is -2.38. The lowest BCUT2D eigenvalue weighted by Crippen LogP contribution is -2.41. The fraction of sp³-hybridized carbons (Fsp3) is 0.875. The highest BCUT2D eigenvalue weighted by Gasteiger charge is 2.58. The predicted molar refractivity (Wildman–Crippen MR) is 92.2 cm³/mol. The first-order valence-corrected chi connectivity index (χ1v) is 9.50. The van der Waals surface area contributed by atoms with Crippen molar-refractivity contribution in [2.24, 2.45) is 0 Å². The van der Waals surface area contributed by atoms with Crippen molar-refractivity contribution >= 4 is 8.09 Å². The molecular formula is C16H31N3O3P+. The van der Waals surface area contributed by atoms with E-state index in [4.69, 9.17) is 24.1 Å². The molecule has 0 aromatic carbocycles. The lowest BCUT2D eigenvalue weighted by molar-refractivity contribution is 0.0176. The molecule has 0 aliphatic heterocycles. The third-order valence-corrected chi connectivity index (χ3v) is 5.95. The minimum absolute atomic E-state index is 0.134. The molecule has 0 atom stereocenters. The van der Waals surface area contributed by atoms with Gasteiger partial charge < -0.3 is 0 Å². The van der Waals surface area contributed by atoms with Gasteiger partial charge in [-0.05, 0) is 48.5 Å². The first-order valence-electron chi connectivity index (χ1n) is 8.01. The van der Waals surface area contributed by atoms with Crippen molar-refractivity contribution in [3.63, 3.8) is 0 Å².